The van der Waals surface area contributed by atoms with Crippen molar-refractivity contribution in [2.24, 2.45) is 0 Å². The van der Waals surface area contributed by atoms with Crippen molar-refractivity contribution in [3.05, 3.63) is 0 Å². The van der Waals surface area contributed by atoms with Crippen LogP contribution in [0.5, 0.6) is 0 Å². The molecule has 0 aliphatic rings. The molecule has 0 unspecified atom stereocenters. The van der Waals surface area contributed by atoms with Crippen molar-refractivity contribution in [2.45, 2.75) is 38.9 Å². The highest BCUT2D eigenvalue weighted by atomic mass is 28.4. The van der Waals surface area contributed by atoms with E-state index in [0.717, 1.165) is 0 Å². The number of hydrogen-bond donors (Lipinski definition) is 3. The first kappa shape index (κ1) is 16.6. The van der Waals surface area contributed by atoms with E-state index in [-0.39, 0.29) is 11.6 Å². The Kier molecular flexibility index (Phi) is 5.49. The van der Waals surface area contributed by atoms with Crippen molar-refractivity contribution in [3.63, 3.8) is 0 Å². The fourth-order valence-electron chi connectivity index (χ4n) is 0.679. The van der Waals surface area contributed by atoms with Crippen LogP contribution in [0.4, 0.5) is 0 Å². The van der Waals surface area contributed by atoms with Crippen LogP contribution < -0.4 is 10.9 Å². The maximum Gasteiger partial charge on any atom is 0.396 e. The summed E-state index contributed by atoms with van der Waals surface area (Å²) in [5.74, 6) is -3.55. The van der Waals surface area contributed by atoms with Crippen molar-refractivity contribution >= 4 is 26.1 Å². The van der Waals surface area contributed by atoms with Gasteiger partial charge in [0.2, 0.25) is 0 Å². The normalized spacial score (nSPS) is 11.8. The second-order valence-corrected chi connectivity index (χ2v) is 10.2. The van der Waals surface area contributed by atoms with Gasteiger partial charge in [-0.3, -0.25) is 20.4 Å². The fourth-order valence-corrected chi connectivity index (χ4v) is 1.60. The van der Waals surface area contributed by atoms with E-state index in [1.165, 1.54) is 0 Å². The highest BCUT2D eigenvalue weighted by molar-refractivity contribution is 6.74. The van der Waals surface area contributed by atoms with Crippen LogP contribution in [0.25, 0.3) is 0 Å². The molecule has 0 radical (unpaired) electrons. The van der Waals surface area contributed by atoms with Crippen LogP contribution in [0.1, 0.15) is 20.8 Å². The first-order valence-electron chi connectivity index (χ1n) is 5.43. The first-order valence-corrected chi connectivity index (χ1v) is 8.34. The Morgan fingerprint density at radius 1 is 1.17 bits per heavy atom. The molecule has 104 valence electrons. The lowest BCUT2D eigenvalue weighted by Gasteiger charge is -2.35. The molecule has 0 aliphatic heterocycles. The Morgan fingerprint density at radius 3 is 2.06 bits per heavy atom. The van der Waals surface area contributed by atoms with Gasteiger partial charge in [-0.05, 0) is 18.1 Å². The molecule has 0 fully saturated rings. The summed E-state index contributed by atoms with van der Waals surface area (Å²) >= 11 is 0. The Morgan fingerprint density at radius 2 is 1.67 bits per heavy atom. The SMILES string of the molecule is CC(C)(C)[Si](C)(C)OCC(=O)NNC(=O)C(=O)O. The smallest absolute Gasteiger partial charge is 0.396 e. The predicted molar refractivity (Wildman–Crippen MR) is 67.1 cm³/mol. The highest BCUT2D eigenvalue weighted by Gasteiger charge is 2.37. The minimum atomic E-state index is -2.04. The zero-order valence-corrected chi connectivity index (χ0v) is 12.3. The zero-order valence-electron chi connectivity index (χ0n) is 11.3. The molecule has 0 aliphatic carbocycles. The van der Waals surface area contributed by atoms with Gasteiger partial charge in [0.15, 0.2) is 8.32 Å². The summed E-state index contributed by atoms with van der Waals surface area (Å²) in [6, 6.07) is 0. The van der Waals surface area contributed by atoms with E-state index >= 15 is 0 Å². The van der Waals surface area contributed by atoms with Gasteiger partial charge in [0.1, 0.15) is 6.61 Å². The second kappa shape index (κ2) is 5.96. The molecular formula is C10H20N2O5Si. The largest absolute Gasteiger partial charge is 0.474 e. The summed E-state index contributed by atoms with van der Waals surface area (Å²) in [4.78, 5) is 32.1. The lowest BCUT2D eigenvalue weighted by Crippen LogP contribution is -2.49. The van der Waals surface area contributed by atoms with Crippen LogP contribution >= 0.6 is 0 Å². The number of rotatable bonds is 3. The topological polar surface area (TPSA) is 105 Å². The number of carbonyl (C=O) groups is 3. The summed E-state index contributed by atoms with van der Waals surface area (Å²) in [6.07, 6.45) is 0. The quantitative estimate of drug-likeness (QED) is 0.389. The fraction of sp³-hybridized carbons (Fsp3) is 0.700. The Labute approximate surface area is 107 Å². The van der Waals surface area contributed by atoms with Crippen molar-refractivity contribution in [2.75, 3.05) is 6.61 Å². The zero-order chi connectivity index (χ0) is 14.6. The van der Waals surface area contributed by atoms with E-state index in [9.17, 15) is 14.4 Å². The van der Waals surface area contributed by atoms with E-state index in [4.69, 9.17) is 9.53 Å². The average molecular weight is 276 g/mol. The monoisotopic (exact) mass is 276 g/mol. The number of hydrogen-bond acceptors (Lipinski definition) is 4. The molecule has 0 saturated carbocycles. The molecule has 0 aromatic rings. The third-order valence-corrected chi connectivity index (χ3v) is 7.36. The molecule has 0 spiro atoms. The summed E-state index contributed by atoms with van der Waals surface area (Å²) in [5, 5.41) is 8.24. The number of aliphatic carboxylic acids is 1. The molecule has 0 aromatic heterocycles. The van der Waals surface area contributed by atoms with E-state index in [1.807, 2.05) is 39.3 Å². The molecule has 0 aromatic carbocycles. The van der Waals surface area contributed by atoms with Crippen LogP contribution in [0, 0.1) is 0 Å². The van der Waals surface area contributed by atoms with Gasteiger partial charge < -0.3 is 9.53 Å². The van der Waals surface area contributed by atoms with E-state index in [0.29, 0.717) is 0 Å². The number of amides is 2. The maximum absolute atomic E-state index is 11.3. The molecule has 2 amide bonds. The highest BCUT2D eigenvalue weighted by Crippen LogP contribution is 2.36. The summed E-state index contributed by atoms with van der Waals surface area (Å²) < 4.78 is 5.58. The van der Waals surface area contributed by atoms with Crippen LogP contribution in [0.2, 0.25) is 18.1 Å². The third-order valence-electron chi connectivity index (χ3n) is 2.88. The Bertz CT molecular complexity index is 349. The molecule has 3 N–H and O–H groups in total. The van der Waals surface area contributed by atoms with E-state index in [2.05, 4.69) is 0 Å². The average Bonchev–Trinajstić information content (AvgIpc) is 2.21. The van der Waals surface area contributed by atoms with Gasteiger partial charge in [-0.15, -0.1) is 0 Å². The van der Waals surface area contributed by atoms with Crippen LogP contribution in [-0.2, 0) is 18.8 Å². The van der Waals surface area contributed by atoms with Crippen molar-refractivity contribution in [3.8, 4) is 0 Å². The lowest BCUT2D eigenvalue weighted by atomic mass is 10.2. The van der Waals surface area contributed by atoms with Crippen LogP contribution in [0.3, 0.4) is 0 Å². The first-order chi connectivity index (χ1) is 7.97. The van der Waals surface area contributed by atoms with Gasteiger partial charge in [-0.25, -0.2) is 4.79 Å². The number of nitrogens with one attached hydrogen (secondary N) is 2. The number of carboxylic acid groups (broad SMARTS) is 1. The molecule has 7 nitrogen and oxygen atoms in total. The van der Waals surface area contributed by atoms with Gasteiger partial charge >= 0.3 is 11.9 Å². The molecule has 0 bridgehead atoms. The molecule has 18 heavy (non-hydrogen) atoms. The standard InChI is InChI=1S/C10H20N2O5Si/c1-10(2,3)18(4,5)17-6-7(13)11-12-8(14)9(15)16/h6H2,1-5H3,(H,11,13)(H,12,14)(H,15,16). The van der Waals surface area contributed by atoms with E-state index < -0.39 is 26.1 Å². The number of carbonyl (C=O) groups excluding carboxylic acids is 2. The van der Waals surface area contributed by atoms with Gasteiger partial charge in [0.05, 0.1) is 0 Å². The molecule has 0 rings (SSSR count). The lowest BCUT2D eigenvalue weighted by molar-refractivity contribution is -0.151. The van der Waals surface area contributed by atoms with Crippen LogP contribution in [-0.4, -0.2) is 37.8 Å². The minimum Gasteiger partial charge on any atom is -0.474 e. The Hall–Kier alpha value is -1.41. The second-order valence-electron chi connectivity index (χ2n) is 5.36. The molecule has 8 heteroatoms. The van der Waals surface area contributed by atoms with Gasteiger partial charge in [-0.1, -0.05) is 20.8 Å². The molecule has 0 heterocycles. The molecular weight excluding hydrogens is 256 g/mol. The van der Waals surface area contributed by atoms with Gasteiger partial charge in [-0.2, -0.15) is 0 Å². The number of carboxylic acids is 1. The van der Waals surface area contributed by atoms with E-state index in [1.54, 1.807) is 5.43 Å². The van der Waals surface area contributed by atoms with Crippen molar-refractivity contribution in [1.29, 1.82) is 0 Å². The minimum absolute atomic E-state index is 0.0302. The maximum atomic E-state index is 11.3. The molecule has 0 atom stereocenters. The predicted octanol–water partition coefficient (Wildman–Crippen LogP) is 0.240. The van der Waals surface area contributed by atoms with Crippen molar-refractivity contribution < 1.29 is 23.9 Å². The summed E-state index contributed by atoms with van der Waals surface area (Å²) in [7, 11) is -2.04. The van der Waals surface area contributed by atoms with Gasteiger partial charge in [0, 0.05) is 0 Å². The Balaban J connectivity index is 4.13. The molecule has 0 saturated heterocycles. The van der Waals surface area contributed by atoms with Crippen molar-refractivity contribution in [1.82, 2.24) is 10.9 Å². The third kappa shape index (κ3) is 5.28. The summed E-state index contributed by atoms with van der Waals surface area (Å²) in [6.45, 7) is 9.85. The van der Waals surface area contributed by atoms with Crippen LogP contribution in [0.15, 0.2) is 0 Å². The van der Waals surface area contributed by atoms with Gasteiger partial charge in [0.25, 0.3) is 5.91 Å². The summed E-state index contributed by atoms with van der Waals surface area (Å²) in [5.41, 5.74) is 3.72. The number of hydrazine groups is 1.